The van der Waals surface area contributed by atoms with E-state index < -0.39 is 23.0 Å². The van der Waals surface area contributed by atoms with Crippen molar-refractivity contribution in [2.45, 2.75) is 76.4 Å². The van der Waals surface area contributed by atoms with Gasteiger partial charge in [-0.05, 0) is 62.9 Å². The summed E-state index contributed by atoms with van der Waals surface area (Å²) in [6.45, 7) is 3.94. The fourth-order valence-corrected chi connectivity index (χ4v) is 5.46. The lowest BCUT2D eigenvalue weighted by atomic mass is 10.0. The third-order valence-corrected chi connectivity index (χ3v) is 7.85. The number of para-hydroxylation sites is 1. The standard InChI is InChI=1S/C33H49N9O4/c1-3-4-5-11-19-41(2)23-26(21-25-22-37-29-16-10-9-15-27(25)29)38-32(44)30(17-12-18-36-33(35)40-42(45)46)39-31(43)28(34)20-24-13-7-6-8-14-24/h6-10,13-16,22,26,28,30,37H,3-5,11-12,17-21,23,34H2,1-2H3,(H,38,44)(H,39,43)(H3,35,36,40)/t26-,28+,30-/m0/s1. The lowest BCUT2D eigenvalue weighted by Crippen LogP contribution is -2.55. The fraction of sp³-hybridized carbons (Fsp3) is 0.485. The van der Waals surface area contributed by atoms with E-state index in [0.717, 1.165) is 47.8 Å². The molecule has 2 amide bonds. The Kier molecular flexibility index (Phi) is 15.0. The highest BCUT2D eigenvalue weighted by Crippen LogP contribution is 2.19. The lowest BCUT2D eigenvalue weighted by Gasteiger charge is -2.28. The Morgan fingerprint density at radius 3 is 2.48 bits per heavy atom. The van der Waals surface area contributed by atoms with Gasteiger partial charge in [0, 0.05) is 36.2 Å². The number of likely N-dealkylation sites (N-methyl/N-ethyl adjacent to an activating group) is 1. The molecule has 0 aliphatic heterocycles. The van der Waals surface area contributed by atoms with Crippen molar-refractivity contribution in [2.24, 2.45) is 16.6 Å². The number of carbonyl (C=O) groups is 2. The largest absolute Gasteiger partial charge is 0.365 e. The molecule has 1 aromatic heterocycles. The second-order valence-electron chi connectivity index (χ2n) is 11.7. The zero-order chi connectivity index (χ0) is 33.3. The van der Waals surface area contributed by atoms with Gasteiger partial charge < -0.3 is 37.3 Å². The number of aromatic amines is 1. The predicted octanol–water partition coefficient (Wildman–Crippen LogP) is 2.64. The van der Waals surface area contributed by atoms with Crippen molar-refractivity contribution >= 4 is 28.7 Å². The van der Waals surface area contributed by atoms with Gasteiger partial charge in [-0.25, -0.2) is 10.1 Å². The van der Waals surface area contributed by atoms with E-state index in [1.165, 1.54) is 6.42 Å². The average Bonchev–Trinajstić information content (AvgIpc) is 3.43. The predicted molar refractivity (Wildman–Crippen MR) is 181 cm³/mol. The van der Waals surface area contributed by atoms with Crippen molar-refractivity contribution in [2.75, 3.05) is 26.7 Å². The number of unbranched alkanes of at least 4 members (excludes halogenated alkanes) is 3. The van der Waals surface area contributed by atoms with E-state index in [2.05, 4.69) is 51.0 Å². The molecule has 0 saturated carbocycles. The van der Waals surface area contributed by atoms with Gasteiger partial charge in [-0.1, -0.05) is 74.7 Å². The minimum Gasteiger partial charge on any atom is -0.365 e. The number of nitrogens with two attached hydrogens (primary N) is 2. The Labute approximate surface area is 270 Å². The summed E-state index contributed by atoms with van der Waals surface area (Å²) in [6.07, 6.45) is 8.11. The highest BCUT2D eigenvalue weighted by Gasteiger charge is 2.26. The third-order valence-electron chi connectivity index (χ3n) is 7.85. The number of amides is 2. The maximum atomic E-state index is 13.9. The summed E-state index contributed by atoms with van der Waals surface area (Å²) in [5, 5.41) is 22.6. The van der Waals surface area contributed by atoms with Crippen molar-refractivity contribution in [1.29, 1.82) is 0 Å². The van der Waals surface area contributed by atoms with Crippen LogP contribution in [0.4, 0.5) is 0 Å². The molecule has 0 unspecified atom stereocenters. The van der Waals surface area contributed by atoms with Crippen LogP contribution in [-0.2, 0) is 22.4 Å². The van der Waals surface area contributed by atoms with Crippen LogP contribution < -0.4 is 27.4 Å². The maximum absolute atomic E-state index is 13.9. The van der Waals surface area contributed by atoms with Crippen LogP contribution >= 0.6 is 0 Å². The van der Waals surface area contributed by atoms with Gasteiger partial charge in [0.15, 0.2) is 5.03 Å². The number of benzene rings is 2. The van der Waals surface area contributed by atoms with Crippen LogP contribution in [0.3, 0.4) is 0 Å². The van der Waals surface area contributed by atoms with Crippen LogP contribution in [0, 0.1) is 10.1 Å². The van der Waals surface area contributed by atoms with Gasteiger partial charge in [0.1, 0.15) is 11.1 Å². The Hall–Kier alpha value is -4.49. The summed E-state index contributed by atoms with van der Waals surface area (Å²) in [5.41, 5.74) is 14.8. The molecule has 0 spiro atoms. The van der Waals surface area contributed by atoms with Crippen LogP contribution in [0.15, 0.2) is 65.9 Å². The molecule has 3 rings (SSSR count). The van der Waals surface area contributed by atoms with Crippen molar-refractivity contribution < 1.29 is 14.6 Å². The number of aromatic nitrogens is 1. The molecule has 0 radical (unpaired) electrons. The first-order chi connectivity index (χ1) is 22.2. The molecule has 2 aromatic carbocycles. The third kappa shape index (κ3) is 12.5. The molecule has 0 aliphatic carbocycles. The second kappa shape index (κ2) is 19.1. The molecule has 250 valence electrons. The minimum atomic E-state index is -0.887. The number of nitrogens with one attached hydrogen (secondary N) is 4. The number of hydrogen-bond acceptors (Lipinski definition) is 6. The topological polar surface area (TPSA) is 197 Å². The van der Waals surface area contributed by atoms with E-state index in [1.807, 2.05) is 54.7 Å². The monoisotopic (exact) mass is 635 g/mol. The average molecular weight is 636 g/mol. The number of nitrogens with zero attached hydrogens (tertiary/aromatic N) is 3. The summed E-state index contributed by atoms with van der Waals surface area (Å²) in [6, 6.07) is 15.5. The number of guanidine groups is 1. The molecule has 8 N–H and O–H groups in total. The normalized spacial score (nSPS) is 13.7. The van der Waals surface area contributed by atoms with Crippen molar-refractivity contribution in [3.63, 3.8) is 0 Å². The molecule has 0 fully saturated rings. The molecule has 1 heterocycles. The number of hydrogen-bond donors (Lipinski definition) is 6. The van der Waals surface area contributed by atoms with Gasteiger partial charge in [-0.15, -0.1) is 0 Å². The summed E-state index contributed by atoms with van der Waals surface area (Å²) < 4.78 is 0. The Morgan fingerprint density at radius 1 is 1.00 bits per heavy atom. The SMILES string of the molecule is CCCCCCN(C)C[C@H](Cc1c[nH]c2ccccc12)NC(=O)[C@H](CCCN/C(N)=N/[N+](=O)[O-])NC(=O)[C@H](N)Cc1ccccc1. The van der Waals surface area contributed by atoms with Gasteiger partial charge in [0.2, 0.25) is 11.8 Å². The molecule has 3 aromatic rings. The first-order valence-electron chi connectivity index (χ1n) is 16.0. The van der Waals surface area contributed by atoms with E-state index in [4.69, 9.17) is 11.5 Å². The maximum Gasteiger partial charge on any atom is 0.266 e. The van der Waals surface area contributed by atoms with Gasteiger partial charge in [-0.2, -0.15) is 0 Å². The minimum absolute atomic E-state index is 0.220. The zero-order valence-corrected chi connectivity index (χ0v) is 26.9. The van der Waals surface area contributed by atoms with Crippen LogP contribution in [0.25, 0.3) is 10.9 Å². The summed E-state index contributed by atoms with van der Waals surface area (Å²) in [5.74, 6) is -1.09. The van der Waals surface area contributed by atoms with Crippen molar-refractivity contribution in [1.82, 2.24) is 25.8 Å². The quantitative estimate of drug-likeness (QED) is 0.0358. The lowest BCUT2D eigenvalue weighted by molar-refractivity contribution is -0.485. The van der Waals surface area contributed by atoms with Gasteiger partial charge >= 0.3 is 0 Å². The second-order valence-corrected chi connectivity index (χ2v) is 11.7. The Balaban J connectivity index is 1.74. The Morgan fingerprint density at radius 2 is 1.74 bits per heavy atom. The first kappa shape index (κ1) is 36.0. The van der Waals surface area contributed by atoms with Crippen LogP contribution in [0.5, 0.6) is 0 Å². The van der Waals surface area contributed by atoms with Gasteiger partial charge in [0.25, 0.3) is 5.96 Å². The number of fused-ring (bicyclic) bond motifs is 1. The molecule has 0 bridgehead atoms. The summed E-state index contributed by atoms with van der Waals surface area (Å²) in [7, 11) is 2.06. The van der Waals surface area contributed by atoms with Gasteiger partial charge in [-0.3, -0.25) is 9.59 Å². The van der Waals surface area contributed by atoms with Crippen molar-refractivity contribution in [3.8, 4) is 0 Å². The number of nitro groups is 1. The Bertz CT molecular complexity index is 1410. The highest BCUT2D eigenvalue weighted by atomic mass is 16.7. The summed E-state index contributed by atoms with van der Waals surface area (Å²) in [4.78, 5) is 43.2. The first-order valence-corrected chi connectivity index (χ1v) is 16.0. The molecular formula is C33H49N9O4. The van der Waals surface area contributed by atoms with E-state index >= 15 is 0 Å². The fourth-order valence-electron chi connectivity index (χ4n) is 5.46. The van der Waals surface area contributed by atoms with Gasteiger partial charge in [0.05, 0.1) is 6.04 Å². The van der Waals surface area contributed by atoms with E-state index in [9.17, 15) is 19.7 Å². The van der Waals surface area contributed by atoms with E-state index in [0.29, 0.717) is 25.8 Å². The number of hydrazone groups is 1. The van der Waals surface area contributed by atoms with Crippen LogP contribution in [0.1, 0.15) is 56.6 Å². The molecule has 46 heavy (non-hydrogen) atoms. The highest BCUT2D eigenvalue weighted by molar-refractivity contribution is 5.90. The van der Waals surface area contributed by atoms with E-state index in [1.54, 1.807) is 0 Å². The van der Waals surface area contributed by atoms with Crippen LogP contribution in [-0.4, -0.2) is 77.5 Å². The van der Waals surface area contributed by atoms with Crippen molar-refractivity contribution in [3.05, 3.63) is 82.0 Å². The molecule has 0 aliphatic rings. The molecule has 0 saturated heterocycles. The molecule has 3 atom stereocenters. The van der Waals surface area contributed by atoms with Crippen LogP contribution in [0.2, 0.25) is 0 Å². The number of rotatable bonds is 20. The molecular weight excluding hydrogens is 586 g/mol. The smallest absolute Gasteiger partial charge is 0.266 e. The number of carbonyl (C=O) groups excluding carboxylic acids is 2. The zero-order valence-electron chi connectivity index (χ0n) is 26.9. The molecule has 13 heteroatoms. The molecule has 13 nitrogen and oxygen atoms in total. The van der Waals surface area contributed by atoms with E-state index in [-0.39, 0.29) is 30.9 Å². The summed E-state index contributed by atoms with van der Waals surface area (Å²) >= 11 is 0. The number of H-pyrrole nitrogens is 1.